The lowest BCUT2D eigenvalue weighted by molar-refractivity contribution is 0.101. The molecule has 0 atom stereocenters. The maximum Gasteiger partial charge on any atom is 0.247 e. The number of ether oxygens (including phenoxy) is 1. The molecule has 0 bridgehead atoms. The van der Waals surface area contributed by atoms with E-state index in [9.17, 15) is 4.79 Å². The van der Waals surface area contributed by atoms with E-state index in [2.05, 4.69) is 15.4 Å². The maximum atomic E-state index is 11.6. The van der Waals surface area contributed by atoms with Crippen LogP contribution in [0.3, 0.4) is 0 Å². The quantitative estimate of drug-likeness (QED) is 0.537. The molecule has 6 heteroatoms. The number of hydrogen-bond donors (Lipinski definition) is 1. The number of carbonyl (C=O) groups is 1. The molecule has 0 fully saturated rings. The minimum atomic E-state index is 0.0170. The lowest BCUT2D eigenvalue weighted by Gasteiger charge is -2.04. The van der Waals surface area contributed by atoms with E-state index < -0.39 is 0 Å². The Bertz CT molecular complexity index is 1120. The minimum absolute atomic E-state index is 0.0170. The Morgan fingerprint density at radius 1 is 1.07 bits per heavy atom. The highest BCUT2D eigenvalue weighted by molar-refractivity contribution is 5.95. The number of benzene rings is 2. The van der Waals surface area contributed by atoms with E-state index in [-0.39, 0.29) is 5.78 Å². The van der Waals surface area contributed by atoms with Crippen molar-refractivity contribution in [3.8, 4) is 16.9 Å². The summed E-state index contributed by atoms with van der Waals surface area (Å²) < 4.78 is 6.96. The Kier molecular flexibility index (Phi) is 4.30. The van der Waals surface area contributed by atoms with Gasteiger partial charge in [0, 0.05) is 23.0 Å². The fraction of sp³-hybridized carbons (Fsp3) is 0.0952. The Morgan fingerprint density at radius 3 is 2.63 bits per heavy atom. The summed E-state index contributed by atoms with van der Waals surface area (Å²) in [4.78, 5) is 16.2. The lowest BCUT2D eigenvalue weighted by atomic mass is 10.1. The summed E-state index contributed by atoms with van der Waals surface area (Å²) in [6, 6.07) is 19.0. The van der Waals surface area contributed by atoms with Crippen LogP contribution in [0, 0.1) is 0 Å². The molecule has 0 spiro atoms. The summed E-state index contributed by atoms with van der Waals surface area (Å²) >= 11 is 0. The predicted molar refractivity (Wildman–Crippen MR) is 105 cm³/mol. The van der Waals surface area contributed by atoms with Crippen molar-refractivity contribution in [2.45, 2.75) is 6.92 Å². The summed E-state index contributed by atoms with van der Waals surface area (Å²) in [6.45, 7) is 1.55. The van der Waals surface area contributed by atoms with Gasteiger partial charge < -0.3 is 10.1 Å². The van der Waals surface area contributed by atoms with E-state index in [1.165, 1.54) is 0 Å². The zero-order valence-corrected chi connectivity index (χ0v) is 15.0. The fourth-order valence-corrected chi connectivity index (χ4v) is 2.90. The number of methoxy groups -OCH3 is 1. The van der Waals surface area contributed by atoms with Crippen LogP contribution in [0.2, 0.25) is 0 Å². The molecule has 0 aliphatic carbocycles. The average Bonchev–Trinajstić information content (AvgIpc) is 3.10. The van der Waals surface area contributed by atoms with Crippen molar-refractivity contribution in [1.82, 2.24) is 14.6 Å². The summed E-state index contributed by atoms with van der Waals surface area (Å²) in [5.74, 6) is 1.29. The lowest BCUT2D eigenvalue weighted by Crippen LogP contribution is -1.96. The molecule has 2 aromatic heterocycles. The van der Waals surface area contributed by atoms with Gasteiger partial charge in [-0.1, -0.05) is 24.3 Å². The van der Waals surface area contributed by atoms with E-state index in [1.807, 2.05) is 54.7 Å². The van der Waals surface area contributed by atoms with E-state index in [0.717, 1.165) is 28.2 Å². The number of Topliss-reactive ketones (excluding diaryl/α,β-unsaturated/α-hetero) is 1. The van der Waals surface area contributed by atoms with Crippen molar-refractivity contribution < 1.29 is 9.53 Å². The molecule has 0 aliphatic rings. The smallest absolute Gasteiger partial charge is 0.247 e. The molecule has 4 rings (SSSR count). The fourth-order valence-electron chi connectivity index (χ4n) is 2.90. The van der Waals surface area contributed by atoms with Crippen LogP contribution in [0.1, 0.15) is 17.3 Å². The second-order valence-electron chi connectivity index (χ2n) is 6.12. The number of nitrogens with zero attached hydrogens (tertiary/aromatic N) is 3. The van der Waals surface area contributed by atoms with Crippen LogP contribution in [-0.2, 0) is 0 Å². The SMILES string of the molecule is COc1ccc(-c2cccn3nc(Nc4cccc(C(C)=O)c4)nc23)cc1. The molecule has 0 amide bonds. The summed E-state index contributed by atoms with van der Waals surface area (Å²) in [7, 11) is 1.65. The molecule has 0 radical (unpaired) electrons. The first-order chi connectivity index (χ1) is 13.1. The first kappa shape index (κ1) is 16.8. The van der Waals surface area contributed by atoms with Gasteiger partial charge in [-0.05, 0) is 48.9 Å². The molecule has 0 saturated heterocycles. The standard InChI is InChI=1S/C21H18N4O2/c1-14(26)16-5-3-6-17(13-16)22-21-23-20-19(7-4-12-25(20)24-21)15-8-10-18(27-2)11-9-15/h3-13H,1-2H3,(H,22,24). The van der Waals surface area contributed by atoms with Gasteiger partial charge in [0.25, 0.3) is 0 Å². The van der Waals surface area contributed by atoms with Gasteiger partial charge >= 0.3 is 0 Å². The zero-order valence-electron chi connectivity index (χ0n) is 15.0. The van der Waals surface area contributed by atoms with Crippen LogP contribution >= 0.6 is 0 Å². The largest absolute Gasteiger partial charge is 0.497 e. The van der Waals surface area contributed by atoms with Crippen molar-refractivity contribution in [2.24, 2.45) is 0 Å². The highest BCUT2D eigenvalue weighted by Crippen LogP contribution is 2.26. The highest BCUT2D eigenvalue weighted by atomic mass is 16.5. The van der Waals surface area contributed by atoms with Crippen LogP contribution in [0.15, 0.2) is 66.9 Å². The number of ketones is 1. The van der Waals surface area contributed by atoms with Crippen LogP contribution in [-0.4, -0.2) is 27.5 Å². The summed E-state index contributed by atoms with van der Waals surface area (Å²) in [6.07, 6.45) is 1.85. The second kappa shape index (κ2) is 6.92. The normalized spacial score (nSPS) is 10.7. The molecular formula is C21H18N4O2. The number of aromatic nitrogens is 3. The Labute approximate surface area is 156 Å². The number of nitrogens with one attached hydrogen (secondary N) is 1. The van der Waals surface area contributed by atoms with Crippen molar-refractivity contribution in [1.29, 1.82) is 0 Å². The van der Waals surface area contributed by atoms with Gasteiger partial charge in [-0.2, -0.15) is 4.98 Å². The highest BCUT2D eigenvalue weighted by Gasteiger charge is 2.10. The molecule has 0 saturated carbocycles. The van der Waals surface area contributed by atoms with E-state index in [4.69, 9.17) is 4.74 Å². The molecule has 0 unspecified atom stereocenters. The summed E-state index contributed by atoms with van der Waals surface area (Å²) in [5.41, 5.74) is 4.15. The molecule has 1 N–H and O–H groups in total. The van der Waals surface area contributed by atoms with Gasteiger partial charge in [0.2, 0.25) is 5.95 Å². The van der Waals surface area contributed by atoms with Crippen LogP contribution in [0.5, 0.6) is 5.75 Å². The van der Waals surface area contributed by atoms with Gasteiger partial charge in [0.1, 0.15) is 5.75 Å². The molecule has 27 heavy (non-hydrogen) atoms. The van der Waals surface area contributed by atoms with Crippen molar-refractivity contribution in [3.63, 3.8) is 0 Å². The number of fused-ring (bicyclic) bond motifs is 1. The van der Waals surface area contributed by atoms with Gasteiger partial charge in [0.15, 0.2) is 11.4 Å². The number of hydrogen-bond acceptors (Lipinski definition) is 5. The van der Waals surface area contributed by atoms with Crippen LogP contribution in [0.25, 0.3) is 16.8 Å². The Balaban J connectivity index is 1.70. The van der Waals surface area contributed by atoms with Crippen molar-refractivity contribution in [3.05, 3.63) is 72.4 Å². The molecule has 2 heterocycles. The van der Waals surface area contributed by atoms with E-state index >= 15 is 0 Å². The third-order valence-corrected chi connectivity index (χ3v) is 4.29. The topological polar surface area (TPSA) is 68.5 Å². The average molecular weight is 358 g/mol. The van der Waals surface area contributed by atoms with Crippen molar-refractivity contribution >= 4 is 23.1 Å². The van der Waals surface area contributed by atoms with Crippen molar-refractivity contribution in [2.75, 3.05) is 12.4 Å². The Hall–Kier alpha value is -3.67. The first-order valence-corrected chi connectivity index (χ1v) is 8.52. The van der Waals surface area contributed by atoms with Crippen LogP contribution in [0.4, 0.5) is 11.6 Å². The molecule has 134 valence electrons. The zero-order chi connectivity index (χ0) is 18.8. The molecule has 4 aromatic rings. The van der Waals surface area contributed by atoms with Gasteiger partial charge in [-0.3, -0.25) is 4.79 Å². The molecule has 6 nitrogen and oxygen atoms in total. The van der Waals surface area contributed by atoms with E-state index in [0.29, 0.717) is 11.5 Å². The summed E-state index contributed by atoms with van der Waals surface area (Å²) in [5, 5.41) is 7.66. The number of anilines is 2. The Morgan fingerprint density at radius 2 is 1.89 bits per heavy atom. The van der Waals surface area contributed by atoms with Gasteiger partial charge in [0.05, 0.1) is 7.11 Å². The van der Waals surface area contributed by atoms with Gasteiger partial charge in [-0.15, -0.1) is 5.10 Å². The third kappa shape index (κ3) is 3.37. The van der Waals surface area contributed by atoms with E-state index in [1.54, 1.807) is 30.7 Å². The number of rotatable bonds is 5. The maximum absolute atomic E-state index is 11.6. The molecule has 0 aliphatic heterocycles. The minimum Gasteiger partial charge on any atom is -0.497 e. The number of carbonyl (C=O) groups excluding carboxylic acids is 1. The third-order valence-electron chi connectivity index (χ3n) is 4.29. The first-order valence-electron chi connectivity index (χ1n) is 8.52. The monoisotopic (exact) mass is 358 g/mol. The van der Waals surface area contributed by atoms with Crippen LogP contribution < -0.4 is 10.1 Å². The van der Waals surface area contributed by atoms with Gasteiger partial charge in [-0.25, -0.2) is 4.52 Å². The molecular weight excluding hydrogens is 340 g/mol. The predicted octanol–water partition coefficient (Wildman–Crippen LogP) is 4.35. The molecule has 2 aromatic carbocycles. The number of pyridine rings is 1. The second-order valence-corrected chi connectivity index (χ2v) is 6.12.